The standard InChI is InChI=1S/2Fe.2H2O4S/c;;2*1-5(2,3)4/h;;2*(H2,1,2,3,4)/q2*+2;;/p-4. The Morgan fingerprint density at radius 3 is 0.583 bits per heavy atom. The van der Waals surface area contributed by atoms with Crippen molar-refractivity contribution < 1.29 is 69.2 Å². The maximum absolute atomic E-state index is 8.52. The van der Waals surface area contributed by atoms with E-state index in [4.69, 9.17) is 35.0 Å². The maximum atomic E-state index is 8.52. The average Bonchev–Trinajstić information content (AvgIpc) is 1.12. The van der Waals surface area contributed by atoms with E-state index in [1.165, 1.54) is 0 Å². The molecule has 0 aromatic carbocycles. The van der Waals surface area contributed by atoms with Crippen LogP contribution in [0.15, 0.2) is 0 Å². The van der Waals surface area contributed by atoms with Gasteiger partial charge < -0.3 is 18.2 Å². The third-order valence-corrected chi connectivity index (χ3v) is 0. The molecule has 0 unspecified atom stereocenters. The molecule has 0 amide bonds. The first-order chi connectivity index (χ1) is 4.00. The second-order valence-electron chi connectivity index (χ2n) is 0.816. The monoisotopic (exact) mass is 304 g/mol. The Balaban J connectivity index is -0.0000000457. The van der Waals surface area contributed by atoms with Gasteiger partial charge in [-0.3, -0.25) is 16.8 Å². The quantitative estimate of drug-likeness (QED) is 0.265. The van der Waals surface area contributed by atoms with Crippen molar-refractivity contribution in [2.75, 3.05) is 0 Å². The van der Waals surface area contributed by atoms with Crippen LogP contribution in [-0.4, -0.2) is 35.0 Å². The van der Waals surface area contributed by atoms with Gasteiger partial charge in [0.2, 0.25) is 0 Å². The summed E-state index contributed by atoms with van der Waals surface area (Å²) in [7, 11) is -10.3. The summed E-state index contributed by atoms with van der Waals surface area (Å²) in [6.45, 7) is 0. The van der Waals surface area contributed by atoms with Crippen LogP contribution >= 0.6 is 0 Å². The van der Waals surface area contributed by atoms with Crippen molar-refractivity contribution in [1.82, 2.24) is 0 Å². The molecule has 0 aliphatic heterocycles. The summed E-state index contributed by atoms with van der Waals surface area (Å²) in [4.78, 5) is 0. The summed E-state index contributed by atoms with van der Waals surface area (Å²) in [5, 5.41) is 0. The van der Waals surface area contributed by atoms with Gasteiger partial charge in [-0.05, 0) is 0 Å². The van der Waals surface area contributed by atoms with E-state index in [9.17, 15) is 0 Å². The molecule has 0 fully saturated rings. The van der Waals surface area contributed by atoms with Gasteiger partial charge in [0.15, 0.2) is 0 Å². The summed E-state index contributed by atoms with van der Waals surface area (Å²) in [5.41, 5.74) is 0. The molecular weight excluding hydrogens is 304 g/mol. The molecule has 0 atom stereocenters. The van der Waals surface area contributed by atoms with Crippen molar-refractivity contribution >= 4 is 20.8 Å². The van der Waals surface area contributed by atoms with Crippen molar-refractivity contribution in [3.8, 4) is 0 Å². The predicted octanol–water partition coefficient (Wildman–Crippen LogP) is -2.68. The van der Waals surface area contributed by atoms with Crippen LogP contribution in [0.3, 0.4) is 0 Å². The number of hydrogen-bond donors (Lipinski definition) is 0. The fraction of sp³-hybridized carbons (Fsp3) is 0. The van der Waals surface area contributed by atoms with Crippen molar-refractivity contribution in [2.45, 2.75) is 0 Å². The van der Waals surface area contributed by atoms with Gasteiger partial charge in [-0.2, -0.15) is 0 Å². The van der Waals surface area contributed by atoms with E-state index in [1.807, 2.05) is 0 Å². The molecule has 8 nitrogen and oxygen atoms in total. The van der Waals surface area contributed by atoms with E-state index in [2.05, 4.69) is 0 Å². The van der Waals surface area contributed by atoms with Crippen molar-refractivity contribution in [1.29, 1.82) is 0 Å². The second kappa shape index (κ2) is 8.38. The molecule has 76 valence electrons. The largest absolute Gasteiger partial charge is 2.00 e. The van der Waals surface area contributed by atoms with Crippen LogP contribution in [-0.2, 0) is 54.9 Å². The molecule has 12 heteroatoms. The topological polar surface area (TPSA) is 161 Å². The van der Waals surface area contributed by atoms with Gasteiger partial charge in [-0.15, -0.1) is 0 Å². The normalized spacial score (nSPS) is 9.67. The van der Waals surface area contributed by atoms with Gasteiger partial charge >= 0.3 is 34.1 Å². The van der Waals surface area contributed by atoms with Crippen LogP contribution in [0.4, 0.5) is 0 Å². The smallest absolute Gasteiger partial charge is 0.759 e. The molecule has 0 aliphatic rings. The van der Waals surface area contributed by atoms with Crippen LogP contribution in [0.25, 0.3) is 0 Å². The van der Waals surface area contributed by atoms with E-state index < -0.39 is 20.8 Å². The molecular formula is Fe2O8S2. The minimum atomic E-state index is -5.17. The number of rotatable bonds is 0. The summed E-state index contributed by atoms with van der Waals surface area (Å²) < 4.78 is 68.2. The van der Waals surface area contributed by atoms with Crippen LogP contribution in [0.2, 0.25) is 0 Å². The molecule has 0 N–H and O–H groups in total. The van der Waals surface area contributed by atoms with E-state index in [0.717, 1.165) is 0 Å². The van der Waals surface area contributed by atoms with Gasteiger partial charge in [-0.1, -0.05) is 0 Å². The Hall–Kier alpha value is 0.779. The molecule has 0 aromatic rings. The van der Waals surface area contributed by atoms with E-state index >= 15 is 0 Å². The fourth-order valence-electron chi connectivity index (χ4n) is 0. The molecule has 0 aliphatic carbocycles. The van der Waals surface area contributed by atoms with Gasteiger partial charge in [-0.25, -0.2) is 0 Å². The molecule has 0 aromatic heterocycles. The molecule has 0 saturated heterocycles. The average molecular weight is 304 g/mol. The Bertz CT molecular complexity index is 211. The summed E-state index contributed by atoms with van der Waals surface area (Å²) in [6, 6.07) is 0. The van der Waals surface area contributed by atoms with Crippen molar-refractivity contribution in [2.24, 2.45) is 0 Å². The van der Waals surface area contributed by atoms with Gasteiger partial charge in [0, 0.05) is 20.8 Å². The first kappa shape index (κ1) is 23.0. The zero-order valence-electron chi connectivity index (χ0n) is 4.79. The summed E-state index contributed by atoms with van der Waals surface area (Å²) in [5.74, 6) is 0. The summed E-state index contributed by atoms with van der Waals surface area (Å²) >= 11 is 0. The minimum Gasteiger partial charge on any atom is -0.759 e. The van der Waals surface area contributed by atoms with E-state index in [0.29, 0.717) is 0 Å². The van der Waals surface area contributed by atoms with Crippen molar-refractivity contribution in [3.05, 3.63) is 0 Å². The predicted molar refractivity (Wildman–Crippen MR) is 20.9 cm³/mol. The Labute approximate surface area is 89.8 Å². The van der Waals surface area contributed by atoms with Crippen LogP contribution in [0.1, 0.15) is 0 Å². The van der Waals surface area contributed by atoms with E-state index in [-0.39, 0.29) is 34.1 Å². The molecule has 0 bridgehead atoms. The maximum Gasteiger partial charge on any atom is 2.00 e. The van der Waals surface area contributed by atoms with Gasteiger partial charge in [0.05, 0.1) is 0 Å². The van der Waals surface area contributed by atoms with E-state index in [1.54, 1.807) is 0 Å². The molecule has 0 rings (SSSR count). The number of hydrogen-bond acceptors (Lipinski definition) is 8. The Morgan fingerprint density at radius 1 is 0.583 bits per heavy atom. The van der Waals surface area contributed by atoms with Gasteiger partial charge in [0.1, 0.15) is 0 Å². The van der Waals surface area contributed by atoms with Gasteiger partial charge in [0.25, 0.3) is 0 Å². The molecule has 0 radical (unpaired) electrons. The third-order valence-electron chi connectivity index (χ3n) is 0. The zero-order valence-corrected chi connectivity index (χ0v) is 8.63. The molecule has 0 heterocycles. The molecule has 12 heavy (non-hydrogen) atoms. The molecule has 0 saturated carbocycles. The Kier molecular flexibility index (Phi) is 16.1. The minimum absolute atomic E-state index is 0. The Morgan fingerprint density at radius 2 is 0.583 bits per heavy atom. The second-order valence-corrected chi connectivity index (χ2v) is 2.45. The first-order valence-corrected chi connectivity index (χ1v) is 4.00. The van der Waals surface area contributed by atoms with Crippen LogP contribution in [0, 0.1) is 0 Å². The molecule has 0 spiro atoms. The van der Waals surface area contributed by atoms with Crippen LogP contribution < -0.4 is 0 Å². The SMILES string of the molecule is O=S(=O)([O-])[O-].O=S(=O)([O-])[O-].[Fe+2].[Fe+2]. The third kappa shape index (κ3) is 1700. The first-order valence-electron chi connectivity index (χ1n) is 1.33. The zero-order chi connectivity index (χ0) is 9.00. The summed E-state index contributed by atoms with van der Waals surface area (Å²) in [6.07, 6.45) is 0. The fourth-order valence-corrected chi connectivity index (χ4v) is 0. The van der Waals surface area contributed by atoms with Crippen molar-refractivity contribution in [3.63, 3.8) is 0 Å². The van der Waals surface area contributed by atoms with Crippen LogP contribution in [0.5, 0.6) is 0 Å².